The van der Waals surface area contributed by atoms with Crippen molar-refractivity contribution in [3.05, 3.63) is 60.3 Å². The molecule has 1 aromatic heterocycles. The summed E-state index contributed by atoms with van der Waals surface area (Å²) in [5, 5.41) is 3.57. The minimum absolute atomic E-state index is 0.303. The Morgan fingerprint density at radius 2 is 1.78 bits per heavy atom. The molecule has 1 unspecified atom stereocenters. The van der Waals surface area contributed by atoms with Crippen LogP contribution in [-0.4, -0.2) is 74.6 Å². The standard InChI is InChI=1S/C21H30N6/c1-22-21(24-17-19(25(2)3)18-9-5-4-6-10-18)27-15-13-26(14-16-27)20-11-7-8-12-23-20/h4-12,19H,13-17H2,1-3H3,(H,22,24). The summed E-state index contributed by atoms with van der Waals surface area (Å²) in [6, 6.07) is 17.0. The van der Waals surface area contributed by atoms with E-state index in [1.165, 1.54) is 5.56 Å². The molecule has 1 aromatic carbocycles. The zero-order chi connectivity index (χ0) is 19.1. The third-order valence-electron chi connectivity index (χ3n) is 5.03. The molecule has 144 valence electrons. The smallest absolute Gasteiger partial charge is 0.193 e. The van der Waals surface area contributed by atoms with Gasteiger partial charge in [0.1, 0.15) is 5.82 Å². The molecule has 1 N–H and O–H groups in total. The molecule has 0 spiro atoms. The summed E-state index contributed by atoms with van der Waals surface area (Å²) >= 11 is 0. The minimum Gasteiger partial charge on any atom is -0.354 e. The number of nitrogens with zero attached hydrogens (tertiary/aromatic N) is 5. The molecule has 0 saturated carbocycles. The third-order valence-corrected chi connectivity index (χ3v) is 5.03. The van der Waals surface area contributed by atoms with Gasteiger partial charge in [-0.3, -0.25) is 4.99 Å². The molecular formula is C21H30N6. The van der Waals surface area contributed by atoms with Crippen molar-refractivity contribution in [3.8, 4) is 0 Å². The van der Waals surface area contributed by atoms with Crippen molar-refractivity contribution in [1.29, 1.82) is 0 Å². The van der Waals surface area contributed by atoms with Gasteiger partial charge in [0.25, 0.3) is 0 Å². The summed E-state index contributed by atoms with van der Waals surface area (Å²) in [6.07, 6.45) is 1.85. The molecular weight excluding hydrogens is 336 g/mol. The lowest BCUT2D eigenvalue weighted by molar-refractivity contribution is 0.292. The molecule has 6 heteroatoms. The van der Waals surface area contributed by atoms with Gasteiger partial charge in [0, 0.05) is 46.0 Å². The topological polar surface area (TPSA) is 47.0 Å². The van der Waals surface area contributed by atoms with E-state index in [4.69, 9.17) is 0 Å². The first-order chi connectivity index (χ1) is 13.2. The number of aromatic nitrogens is 1. The first kappa shape index (κ1) is 19.2. The van der Waals surface area contributed by atoms with Crippen LogP contribution >= 0.6 is 0 Å². The van der Waals surface area contributed by atoms with Crippen LogP contribution in [0.25, 0.3) is 0 Å². The second kappa shape index (κ2) is 9.37. The number of hydrogen-bond donors (Lipinski definition) is 1. The van der Waals surface area contributed by atoms with Gasteiger partial charge >= 0.3 is 0 Å². The largest absolute Gasteiger partial charge is 0.354 e. The SMILES string of the molecule is CN=C(NCC(c1ccccc1)N(C)C)N1CCN(c2ccccn2)CC1. The molecule has 1 saturated heterocycles. The predicted molar refractivity (Wildman–Crippen MR) is 112 cm³/mol. The molecule has 2 heterocycles. The summed E-state index contributed by atoms with van der Waals surface area (Å²) < 4.78 is 0. The van der Waals surface area contributed by atoms with E-state index in [9.17, 15) is 0 Å². The van der Waals surface area contributed by atoms with Crippen LogP contribution in [0.1, 0.15) is 11.6 Å². The van der Waals surface area contributed by atoms with Crippen molar-refractivity contribution in [2.75, 3.05) is 58.8 Å². The zero-order valence-corrected chi connectivity index (χ0v) is 16.5. The molecule has 1 aliphatic heterocycles. The number of pyridine rings is 1. The van der Waals surface area contributed by atoms with Gasteiger partial charge in [-0.2, -0.15) is 0 Å². The molecule has 2 aromatic rings. The molecule has 0 radical (unpaired) electrons. The first-order valence-electron chi connectivity index (χ1n) is 9.52. The lowest BCUT2D eigenvalue weighted by Gasteiger charge is -2.37. The normalized spacial score (nSPS) is 16.5. The first-order valence-corrected chi connectivity index (χ1v) is 9.52. The van der Waals surface area contributed by atoms with Crippen molar-refractivity contribution in [1.82, 2.24) is 20.1 Å². The second-order valence-corrected chi connectivity index (χ2v) is 6.98. The lowest BCUT2D eigenvalue weighted by atomic mass is 10.1. The molecule has 1 aliphatic rings. The van der Waals surface area contributed by atoms with E-state index in [1.54, 1.807) is 0 Å². The van der Waals surface area contributed by atoms with Crippen LogP contribution in [0.2, 0.25) is 0 Å². The summed E-state index contributed by atoms with van der Waals surface area (Å²) in [6.45, 7) is 4.60. The van der Waals surface area contributed by atoms with Crippen LogP contribution in [0.5, 0.6) is 0 Å². The Balaban J connectivity index is 1.56. The van der Waals surface area contributed by atoms with Crippen LogP contribution in [0, 0.1) is 0 Å². The van der Waals surface area contributed by atoms with E-state index in [2.05, 4.69) is 80.5 Å². The molecule has 27 heavy (non-hydrogen) atoms. The van der Waals surface area contributed by atoms with Crippen molar-refractivity contribution in [2.24, 2.45) is 4.99 Å². The molecule has 0 amide bonds. The fourth-order valence-electron chi connectivity index (χ4n) is 3.48. The van der Waals surface area contributed by atoms with Gasteiger partial charge in [0.15, 0.2) is 5.96 Å². The van der Waals surface area contributed by atoms with Gasteiger partial charge in [0.05, 0.1) is 6.04 Å². The molecule has 0 bridgehead atoms. The van der Waals surface area contributed by atoms with Crippen molar-refractivity contribution < 1.29 is 0 Å². The Morgan fingerprint density at radius 1 is 1.07 bits per heavy atom. The molecule has 3 rings (SSSR count). The van der Waals surface area contributed by atoms with E-state index < -0.39 is 0 Å². The van der Waals surface area contributed by atoms with Gasteiger partial charge in [-0.15, -0.1) is 0 Å². The average Bonchev–Trinajstić information content (AvgIpc) is 2.72. The zero-order valence-electron chi connectivity index (χ0n) is 16.5. The summed E-state index contributed by atoms with van der Waals surface area (Å²) in [4.78, 5) is 15.9. The minimum atomic E-state index is 0.303. The molecule has 1 fully saturated rings. The maximum absolute atomic E-state index is 4.51. The Kier molecular flexibility index (Phi) is 6.65. The van der Waals surface area contributed by atoms with E-state index in [0.29, 0.717) is 6.04 Å². The highest BCUT2D eigenvalue weighted by Gasteiger charge is 2.21. The Labute approximate surface area is 162 Å². The number of guanidine groups is 1. The second-order valence-electron chi connectivity index (χ2n) is 6.98. The van der Waals surface area contributed by atoms with E-state index >= 15 is 0 Å². The van der Waals surface area contributed by atoms with Crippen LogP contribution < -0.4 is 10.2 Å². The Hall–Kier alpha value is -2.60. The van der Waals surface area contributed by atoms with Crippen molar-refractivity contribution in [2.45, 2.75) is 6.04 Å². The summed E-state index contributed by atoms with van der Waals surface area (Å²) in [5.41, 5.74) is 1.31. The maximum Gasteiger partial charge on any atom is 0.193 e. The quantitative estimate of drug-likeness (QED) is 0.649. The van der Waals surface area contributed by atoms with Crippen LogP contribution in [-0.2, 0) is 0 Å². The number of rotatable bonds is 5. The predicted octanol–water partition coefficient (Wildman–Crippen LogP) is 2.08. The van der Waals surface area contributed by atoms with Crippen molar-refractivity contribution >= 4 is 11.8 Å². The van der Waals surface area contributed by atoms with Crippen LogP contribution in [0.3, 0.4) is 0 Å². The average molecular weight is 367 g/mol. The lowest BCUT2D eigenvalue weighted by Crippen LogP contribution is -2.53. The molecule has 6 nitrogen and oxygen atoms in total. The van der Waals surface area contributed by atoms with Gasteiger partial charge in [-0.05, 0) is 31.8 Å². The van der Waals surface area contributed by atoms with Crippen LogP contribution in [0.15, 0.2) is 59.7 Å². The highest BCUT2D eigenvalue weighted by Crippen LogP contribution is 2.17. The van der Waals surface area contributed by atoms with E-state index in [0.717, 1.165) is 44.5 Å². The molecule has 1 atom stereocenters. The van der Waals surface area contributed by atoms with Gasteiger partial charge in [-0.1, -0.05) is 36.4 Å². The number of benzene rings is 1. The van der Waals surface area contributed by atoms with Gasteiger partial charge in [-0.25, -0.2) is 4.98 Å². The summed E-state index contributed by atoms with van der Waals surface area (Å²) in [5.74, 6) is 2.02. The van der Waals surface area contributed by atoms with E-state index in [1.807, 2.05) is 25.4 Å². The number of aliphatic imine (C=N–C) groups is 1. The maximum atomic E-state index is 4.51. The number of piperazine rings is 1. The van der Waals surface area contributed by atoms with Crippen molar-refractivity contribution in [3.63, 3.8) is 0 Å². The third kappa shape index (κ3) is 4.98. The van der Waals surface area contributed by atoms with Gasteiger partial charge in [0.2, 0.25) is 0 Å². The number of nitrogens with one attached hydrogen (secondary N) is 1. The van der Waals surface area contributed by atoms with Crippen LogP contribution in [0.4, 0.5) is 5.82 Å². The fraction of sp³-hybridized carbons (Fsp3) is 0.429. The number of anilines is 1. The van der Waals surface area contributed by atoms with E-state index in [-0.39, 0.29) is 0 Å². The number of hydrogen-bond acceptors (Lipinski definition) is 4. The highest BCUT2D eigenvalue weighted by atomic mass is 15.4. The molecule has 0 aliphatic carbocycles. The monoisotopic (exact) mass is 366 g/mol. The van der Waals surface area contributed by atoms with Gasteiger partial charge < -0.3 is 20.0 Å². The highest BCUT2D eigenvalue weighted by molar-refractivity contribution is 5.80. The summed E-state index contributed by atoms with van der Waals surface area (Å²) in [7, 11) is 6.10. The fourth-order valence-corrected chi connectivity index (χ4v) is 3.48. The Bertz CT molecular complexity index is 708. The number of likely N-dealkylation sites (N-methyl/N-ethyl adjacent to an activating group) is 1. The Morgan fingerprint density at radius 3 is 2.37 bits per heavy atom.